The van der Waals surface area contributed by atoms with Crippen LogP contribution in [-0.2, 0) is 9.59 Å². The smallest absolute Gasteiger partial charge is 0.238 e. The number of piperazine rings is 1. The van der Waals surface area contributed by atoms with E-state index in [2.05, 4.69) is 22.2 Å². The van der Waals surface area contributed by atoms with Crippen molar-refractivity contribution < 1.29 is 9.59 Å². The van der Waals surface area contributed by atoms with Crippen LogP contribution >= 0.6 is 0 Å². The summed E-state index contributed by atoms with van der Waals surface area (Å²) < 4.78 is 0. The third-order valence-electron chi connectivity index (χ3n) is 5.55. The lowest BCUT2D eigenvalue weighted by atomic mass is 10.1. The largest absolute Gasteiger partial charge is 0.340 e. The van der Waals surface area contributed by atoms with Crippen LogP contribution in [0.1, 0.15) is 30.4 Å². The quantitative estimate of drug-likeness (QED) is 0.794. The van der Waals surface area contributed by atoms with Crippen molar-refractivity contribution in [3.05, 3.63) is 29.3 Å². The second kappa shape index (κ2) is 8.85. The maximum Gasteiger partial charge on any atom is 0.238 e. The molecule has 1 aromatic carbocycles. The van der Waals surface area contributed by atoms with Gasteiger partial charge in [-0.2, -0.15) is 0 Å². The molecule has 27 heavy (non-hydrogen) atoms. The standard InChI is InChI=1S/C21H32N4O2/c1-16-4-5-17(2)19(14-16)22-20(26)15-25(18-6-7-18)9-8-21(27)24-12-10-23(3)11-13-24/h4-5,14,18H,6-13,15H2,1-3H3,(H,22,26). The Kier molecular flexibility index (Phi) is 6.50. The molecular weight excluding hydrogens is 340 g/mol. The first-order valence-corrected chi connectivity index (χ1v) is 10.00. The Bertz CT molecular complexity index is 679. The predicted octanol–water partition coefficient (Wildman–Crippen LogP) is 1.87. The minimum absolute atomic E-state index is 0.00245. The summed E-state index contributed by atoms with van der Waals surface area (Å²) in [6, 6.07) is 6.53. The molecule has 2 fully saturated rings. The number of benzene rings is 1. The number of hydrogen-bond donors (Lipinski definition) is 1. The Balaban J connectivity index is 1.49. The molecule has 148 valence electrons. The Hall–Kier alpha value is -1.92. The molecule has 1 aliphatic carbocycles. The molecule has 0 unspecified atom stereocenters. The van der Waals surface area contributed by atoms with E-state index in [0.29, 0.717) is 25.6 Å². The van der Waals surface area contributed by atoms with Crippen molar-refractivity contribution >= 4 is 17.5 Å². The third kappa shape index (κ3) is 5.78. The van der Waals surface area contributed by atoms with Crippen LogP contribution in [0.15, 0.2) is 18.2 Å². The molecule has 3 rings (SSSR count). The highest BCUT2D eigenvalue weighted by molar-refractivity contribution is 5.93. The molecule has 0 aromatic heterocycles. The second-order valence-corrected chi connectivity index (χ2v) is 8.00. The Morgan fingerprint density at radius 2 is 1.85 bits per heavy atom. The monoisotopic (exact) mass is 372 g/mol. The van der Waals surface area contributed by atoms with Crippen LogP contribution in [0.3, 0.4) is 0 Å². The van der Waals surface area contributed by atoms with Gasteiger partial charge in [-0.15, -0.1) is 0 Å². The Morgan fingerprint density at radius 3 is 2.52 bits per heavy atom. The molecule has 6 nitrogen and oxygen atoms in total. The van der Waals surface area contributed by atoms with Gasteiger partial charge in [0.25, 0.3) is 0 Å². The van der Waals surface area contributed by atoms with Crippen LogP contribution in [0.2, 0.25) is 0 Å². The number of carbonyl (C=O) groups is 2. The number of amides is 2. The number of carbonyl (C=O) groups excluding carboxylic acids is 2. The molecule has 2 aliphatic rings. The van der Waals surface area contributed by atoms with E-state index in [1.807, 2.05) is 36.9 Å². The highest BCUT2D eigenvalue weighted by Gasteiger charge is 2.31. The molecule has 1 saturated carbocycles. The van der Waals surface area contributed by atoms with Gasteiger partial charge in [0.05, 0.1) is 6.54 Å². The van der Waals surface area contributed by atoms with Crippen LogP contribution in [0.25, 0.3) is 0 Å². The number of rotatable bonds is 7. The summed E-state index contributed by atoms with van der Waals surface area (Å²) in [6.45, 7) is 8.55. The molecule has 1 aromatic rings. The topological polar surface area (TPSA) is 55.9 Å². The van der Waals surface area contributed by atoms with Crippen LogP contribution in [0.5, 0.6) is 0 Å². The zero-order chi connectivity index (χ0) is 19.4. The second-order valence-electron chi connectivity index (χ2n) is 8.00. The van der Waals surface area contributed by atoms with Gasteiger partial charge in [-0.1, -0.05) is 12.1 Å². The van der Waals surface area contributed by atoms with E-state index in [9.17, 15) is 9.59 Å². The van der Waals surface area contributed by atoms with E-state index in [4.69, 9.17) is 0 Å². The van der Waals surface area contributed by atoms with Gasteiger partial charge < -0.3 is 15.1 Å². The fourth-order valence-corrected chi connectivity index (χ4v) is 3.53. The fourth-order valence-electron chi connectivity index (χ4n) is 3.53. The summed E-state index contributed by atoms with van der Waals surface area (Å²) in [5, 5.41) is 3.04. The van der Waals surface area contributed by atoms with E-state index in [1.165, 1.54) is 0 Å². The summed E-state index contributed by atoms with van der Waals surface area (Å²) in [7, 11) is 2.09. The van der Waals surface area contributed by atoms with Gasteiger partial charge in [0, 0.05) is 50.9 Å². The molecule has 0 spiro atoms. The summed E-state index contributed by atoms with van der Waals surface area (Å²) in [5.74, 6) is 0.214. The van der Waals surface area contributed by atoms with Gasteiger partial charge in [0.1, 0.15) is 0 Å². The van der Waals surface area contributed by atoms with E-state index in [-0.39, 0.29) is 11.8 Å². The summed E-state index contributed by atoms with van der Waals surface area (Å²) in [6.07, 6.45) is 2.75. The molecule has 1 N–H and O–H groups in total. The molecule has 1 heterocycles. The third-order valence-corrected chi connectivity index (χ3v) is 5.55. The van der Waals surface area contributed by atoms with Crippen molar-refractivity contribution in [2.24, 2.45) is 0 Å². The average Bonchev–Trinajstić information content (AvgIpc) is 3.47. The maximum absolute atomic E-state index is 12.5. The molecule has 1 aliphatic heterocycles. The SMILES string of the molecule is Cc1ccc(C)c(NC(=O)CN(CCC(=O)N2CCN(C)CC2)C2CC2)c1. The first-order chi connectivity index (χ1) is 12.9. The lowest BCUT2D eigenvalue weighted by Crippen LogP contribution is -2.48. The first kappa shape index (κ1) is 19.8. The molecular formula is C21H32N4O2. The number of nitrogens with one attached hydrogen (secondary N) is 1. The average molecular weight is 373 g/mol. The van der Waals surface area contributed by atoms with Gasteiger partial charge in [0.15, 0.2) is 0 Å². The highest BCUT2D eigenvalue weighted by Crippen LogP contribution is 2.27. The number of aryl methyl sites for hydroxylation is 2. The van der Waals surface area contributed by atoms with E-state index in [0.717, 1.165) is 55.8 Å². The summed E-state index contributed by atoms with van der Waals surface area (Å²) in [4.78, 5) is 31.4. The highest BCUT2D eigenvalue weighted by atomic mass is 16.2. The van der Waals surface area contributed by atoms with Gasteiger partial charge >= 0.3 is 0 Å². The van der Waals surface area contributed by atoms with Crippen molar-refractivity contribution in [3.63, 3.8) is 0 Å². The summed E-state index contributed by atoms with van der Waals surface area (Å²) in [5.41, 5.74) is 3.08. The number of hydrogen-bond acceptors (Lipinski definition) is 4. The minimum atomic E-state index is 0.00245. The summed E-state index contributed by atoms with van der Waals surface area (Å²) >= 11 is 0. The normalized spacial score (nSPS) is 18.0. The molecule has 0 radical (unpaired) electrons. The zero-order valence-corrected chi connectivity index (χ0v) is 16.8. The van der Waals surface area contributed by atoms with Crippen molar-refractivity contribution in [1.29, 1.82) is 0 Å². The predicted molar refractivity (Wildman–Crippen MR) is 108 cm³/mol. The number of likely N-dealkylation sites (N-methyl/N-ethyl adjacent to an activating group) is 1. The lowest BCUT2D eigenvalue weighted by Gasteiger charge is -2.33. The van der Waals surface area contributed by atoms with Crippen LogP contribution < -0.4 is 5.32 Å². The molecule has 0 bridgehead atoms. The van der Waals surface area contributed by atoms with E-state index in [1.54, 1.807) is 0 Å². The lowest BCUT2D eigenvalue weighted by molar-refractivity contribution is -0.133. The first-order valence-electron chi connectivity index (χ1n) is 10.00. The van der Waals surface area contributed by atoms with Crippen LogP contribution in [0, 0.1) is 13.8 Å². The van der Waals surface area contributed by atoms with Crippen molar-refractivity contribution in [1.82, 2.24) is 14.7 Å². The van der Waals surface area contributed by atoms with Crippen molar-refractivity contribution in [2.45, 2.75) is 39.2 Å². The molecule has 6 heteroatoms. The van der Waals surface area contributed by atoms with Gasteiger partial charge in [-0.05, 0) is 50.9 Å². The molecule has 2 amide bonds. The van der Waals surface area contributed by atoms with Crippen LogP contribution in [0.4, 0.5) is 5.69 Å². The van der Waals surface area contributed by atoms with Crippen molar-refractivity contribution in [3.8, 4) is 0 Å². The Morgan fingerprint density at radius 1 is 1.15 bits per heavy atom. The molecule has 0 atom stereocenters. The minimum Gasteiger partial charge on any atom is -0.340 e. The zero-order valence-electron chi connectivity index (χ0n) is 16.8. The van der Waals surface area contributed by atoms with Crippen LogP contribution in [-0.4, -0.2) is 78.9 Å². The van der Waals surface area contributed by atoms with E-state index < -0.39 is 0 Å². The number of anilines is 1. The Labute approximate surface area is 162 Å². The van der Waals surface area contributed by atoms with E-state index >= 15 is 0 Å². The van der Waals surface area contributed by atoms with Gasteiger partial charge in [0.2, 0.25) is 11.8 Å². The van der Waals surface area contributed by atoms with Gasteiger partial charge in [-0.25, -0.2) is 0 Å². The van der Waals surface area contributed by atoms with Crippen molar-refractivity contribution in [2.75, 3.05) is 51.6 Å². The van der Waals surface area contributed by atoms with Gasteiger partial charge in [-0.3, -0.25) is 14.5 Å². The maximum atomic E-state index is 12.5. The molecule has 1 saturated heterocycles. The fraction of sp³-hybridized carbons (Fsp3) is 0.619. The number of nitrogens with zero attached hydrogens (tertiary/aromatic N) is 3.